The third-order valence-corrected chi connectivity index (χ3v) is 2.06. The third-order valence-electron chi connectivity index (χ3n) is 2.06. The molecule has 0 bridgehead atoms. The maximum Gasteiger partial charge on any atom is 0.494 e. The number of aromatic carboxylic acids is 1. The molecule has 0 atom stereocenters. The minimum atomic E-state index is -1.17. The lowest BCUT2D eigenvalue weighted by atomic mass is 9.78. The van der Waals surface area contributed by atoms with E-state index in [0.717, 1.165) is 6.07 Å². The van der Waals surface area contributed by atoms with Crippen LogP contribution in [0.3, 0.4) is 0 Å². The third kappa shape index (κ3) is 2.16. The summed E-state index contributed by atoms with van der Waals surface area (Å²) in [5.41, 5.74) is 0.286. The predicted octanol–water partition coefficient (Wildman–Crippen LogP) is 0.266. The van der Waals surface area contributed by atoms with Crippen molar-refractivity contribution in [3.05, 3.63) is 29.6 Å². The van der Waals surface area contributed by atoms with Gasteiger partial charge in [0.1, 0.15) is 5.82 Å². The maximum atomic E-state index is 13.1. The van der Waals surface area contributed by atoms with Gasteiger partial charge in [0, 0.05) is 0 Å². The SMILES string of the molecule is O=C(O)c1cc(F)cc(B2OCCO2)c1. The summed E-state index contributed by atoms with van der Waals surface area (Å²) >= 11 is 0. The standard InChI is InChI=1S/C9H8BFO4/c11-8-4-6(9(12)13)3-7(5-8)10-14-1-2-15-10/h3-5H,1-2H2,(H,12,13). The monoisotopic (exact) mass is 210 g/mol. The lowest BCUT2D eigenvalue weighted by molar-refractivity contribution is 0.0696. The summed E-state index contributed by atoms with van der Waals surface area (Å²) in [7, 11) is -0.654. The van der Waals surface area contributed by atoms with Crippen LogP contribution in [-0.4, -0.2) is 31.4 Å². The number of rotatable bonds is 2. The van der Waals surface area contributed by atoms with E-state index in [4.69, 9.17) is 14.4 Å². The summed E-state index contributed by atoms with van der Waals surface area (Å²) in [5, 5.41) is 8.73. The van der Waals surface area contributed by atoms with Crippen molar-refractivity contribution >= 4 is 18.6 Å². The Morgan fingerprint density at radius 3 is 2.60 bits per heavy atom. The van der Waals surface area contributed by atoms with Gasteiger partial charge in [0.2, 0.25) is 0 Å². The van der Waals surface area contributed by atoms with E-state index in [9.17, 15) is 9.18 Å². The van der Waals surface area contributed by atoms with Crippen LogP contribution in [-0.2, 0) is 9.31 Å². The minimum absolute atomic E-state index is 0.107. The fourth-order valence-corrected chi connectivity index (χ4v) is 1.42. The van der Waals surface area contributed by atoms with Crippen LogP contribution in [0.25, 0.3) is 0 Å². The molecule has 2 rings (SSSR count). The molecule has 0 aliphatic carbocycles. The zero-order chi connectivity index (χ0) is 10.8. The molecule has 0 amide bonds. The average Bonchev–Trinajstić information content (AvgIpc) is 2.69. The van der Waals surface area contributed by atoms with E-state index in [1.54, 1.807) is 0 Å². The molecule has 1 fully saturated rings. The first-order valence-electron chi connectivity index (χ1n) is 4.44. The number of benzene rings is 1. The fourth-order valence-electron chi connectivity index (χ4n) is 1.42. The molecular formula is C9H8BFO4. The van der Waals surface area contributed by atoms with Crippen molar-refractivity contribution in [2.75, 3.05) is 13.2 Å². The Balaban J connectivity index is 2.34. The number of hydrogen-bond acceptors (Lipinski definition) is 3. The predicted molar refractivity (Wildman–Crippen MR) is 50.7 cm³/mol. The zero-order valence-corrected chi connectivity index (χ0v) is 7.77. The summed E-state index contributed by atoms with van der Waals surface area (Å²) in [5.74, 6) is -1.78. The van der Waals surface area contributed by atoms with Gasteiger partial charge in [-0.1, -0.05) is 0 Å². The topological polar surface area (TPSA) is 55.8 Å². The Morgan fingerprint density at radius 1 is 1.33 bits per heavy atom. The van der Waals surface area contributed by atoms with Gasteiger partial charge in [0.15, 0.2) is 0 Å². The molecular weight excluding hydrogens is 202 g/mol. The van der Waals surface area contributed by atoms with Crippen molar-refractivity contribution < 1.29 is 23.6 Å². The molecule has 0 spiro atoms. The first kappa shape index (κ1) is 10.1. The van der Waals surface area contributed by atoms with Gasteiger partial charge in [-0.15, -0.1) is 0 Å². The van der Waals surface area contributed by atoms with Gasteiger partial charge in [-0.3, -0.25) is 0 Å². The van der Waals surface area contributed by atoms with E-state index in [1.165, 1.54) is 12.1 Å². The molecule has 0 radical (unpaired) electrons. The van der Waals surface area contributed by atoms with Crippen LogP contribution in [0.4, 0.5) is 4.39 Å². The Morgan fingerprint density at radius 2 is 2.00 bits per heavy atom. The number of halogens is 1. The van der Waals surface area contributed by atoms with E-state index in [2.05, 4.69) is 0 Å². The van der Waals surface area contributed by atoms with Gasteiger partial charge in [0.05, 0.1) is 18.8 Å². The van der Waals surface area contributed by atoms with Crippen LogP contribution in [0, 0.1) is 5.82 Å². The lowest BCUT2D eigenvalue weighted by Gasteiger charge is -2.05. The van der Waals surface area contributed by atoms with Crippen molar-refractivity contribution in [2.45, 2.75) is 0 Å². The lowest BCUT2D eigenvalue weighted by Crippen LogP contribution is -2.32. The number of carboxylic acids is 1. The second-order valence-corrected chi connectivity index (χ2v) is 3.15. The van der Waals surface area contributed by atoms with Gasteiger partial charge >= 0.3 is 13.1 Å². The molecule has 1 aliphatic rings. The van der Waals surface area contributed by atoms with Crippen LogP contribution in [0.5, 0.6) is 0 Å². The summed E-state index contributed by atoms with van der Waals surface area (Å²) < 4.78 is 23.4. The largest absolute Gasteiger partial charge is 0.494 e. The molecule has 1 heterocycles. The molecule has 4 nitrogen and oxygen atoms in total. The first-order valence-corrected chi connectivity index (χ1v) is 4.44. The van der Waals surface area contributed by atoms with Gasteiger partial charge < -0.3 is 14.4 Å². The van der Waals surface area contributed by atoms with E-state index in [1.807, 2.05) is 0 Å². The molecule has 0 saturated carbocycles. The maximum absolute atomic E-state index is 13.1. The van der Waals surface area contributed by atoms with Gasteiger partial charge in [-0.25, -0.2) is 9.18 Å². The van der Waals surface area contributed by atoms with Crippen molar-refractivity contribution in [1.29, 1.82) is 0 Å². The average molecular weight is 210 g/mol. The Labute approximate surface area is 85.8 Å². The Bertz CT molecular complexity index is 390. The van der Waals surface area contributed by atoms with E-state index >= 15 is 0 Å². The van der Waals surface area contributed by atoms with E-state index in [-0.39, 0.29) is 5.56 Å². The van der Waals surface area contributed by atoms with Crippen LogP contribution in [0.1, 0.15) is 10.4 Å². The van der Waals surface area contributed by atoms with Crippen LogP contribution in [0.2, 0.25) is 0 Å². The van der Waals surface area contributed by atoms with Crippen LogP contribution < -0.4 is 5.46 Å². The molecule has 0 unspecified atom stereocenters. The molecule has 1 aromatic rings. The highest BCUT2D eigenvalue weighted by molar-refractivity contribution is 6.61. The number of hydrogen-bond donors (Lipinski definition) is 1. The van der Waals surface area contributed by atoms with Crippen molar-refractivity contribution in [3.8, 4) is 0 Å². The zero-order valence-electron chi connectivity index (χ0n) is 7.77. The Hall–Kier alpha value is -1.40. The van der Waals surface area contributed by atoms with Gasteiger partial charge in [-0.2, -0.15) is 0 Å². The minimum Gasteiger partial charge on any atom is -0.478 e. The second-order valence-electron chi connectivity index (χ2n) is 3.15. The summed E-state index contributed by atoms with van der Waals surface area (Å²) in [6, 6.07) is 3.52. The van der Waals surface area contributed by atoms with Crippen LogP contribution >= 0.6 is 0 Å². The van der Waals surface area contributed by atoms with E-state index < -0.39 is 18.9 Å². The quantitative estimate of drug-likeness (QED) is 0.711. The first-order chi connectivity index (χ1) is 7.16. The number of carbonyl (C=O) groups is 1. The second kappa shape index (κ2) is 4.00. The molecule has 6 heteroatoms. The smallest absolute Gasteiger partial charge is 0.478 e. The molecule has 1 N–H and O–H groups in total. The number of carboxylic acid groups (broad SMARTS) is 1. The highest BCUT2D eigenvalue weighted by Crippen LogP contribution is 2.06. The van der Waals surface area contributed by atoms with Gasteiger partial charge in [0.25, 0.3) is 0 Å². The van der Waals surface area contributed by atoms with Crippen molar-refractivity contribution in [2.24, 2.45) is 0 Å². The summed E-state index contributed by atoms with van der Waals surface area (Å²) in [6.45, 7) is 0.868. The normalized spacial score (nSPS) is 15.7. The highest BCUT2D eigenvalue weighted by Gasteiger charge is 2.27. The molecule has 1 saturated heterocycles. The molecule has 1 aromatic carbocycles. The Kier molecular flexibility index (Phi) is 2.70. The van der Waals surface area contributed by atoms with E-state index in [0.29, 0.717) is 18.7 Å². The molecule has 15 heavy (non-hydrogen) atoms. The van der Waals surface area contributed by atoms with Gasteiger partial charge in [-0.05, 0) is 23.7 Å². The van der Waals surface area contributed by atoms with Crippen molar-refractivity contribution in [3.63, 3.8) is 0 Å². The van der Waals surface area contributed by atoms with Crippen LogP contribution in [0.15, 0.2) is 18.2 Å². The summed E-state index contributed by atoms with van der Waals surface area (Å²) in [4.78, 5) is 10.7. The molecule has 1 aliphatic heterocycles. The molecule has 0 aromatic heterocycles. The summed E-state index contributed by atoms with van der Waals surface area (Å²) in [6.07, 6.45) is 0. The van der Waals surface area contributed by atoms with Crippen molar-refractivity contribution in [1.82, 2.24) is 0 Å². The highest BCUT2D eigenvalue weighted by atomic mass is 19.1. The fraction of sp³-hybridized carbons (Fsp3) is 0.222. The molecule has 78 valence electrons.